The summed E-state index contributed by atoms with van der Waals surface area (Å²) < 4.78 is 5.26. The van der Waals surface area contributed by atoms with Gasteiger partial charge in [0, 0.05) is 55.9 Å². The van der Waals surface area contributed by atoms with E-state index in [-0.39, 0.29) is 0 Å². The van der Waals surface area contributed by atoms with Crippen molar-refractivity contribution in [1.29, 1.82) is 0 Å². The van der Waals surface area contributed by atoms with Crippen LogP contribution < -0.4 is 10.2 Å². The Labute approximate surface area is 122 Å². The van der Waals surface area contributed by atoms with Gasteiger partial charge in [-0.15, -0.1) is 0 Å². The summed E-state index contributed by atoms with van der Waals surface area (Å²) in [6, 6.07) is 3.36. The van der Waals surface area contributed by atoms with Crippen molar-refractivity contribution < 1.29 is 4.74 Å². The van der Waals surface area contributed by atoms with Crippen LogP contribution in [0.1, 0.15) is 38.7 Å². The van der Waals surface area contributed by atoms with E-state index in [0.29, 0.717) is 6.04 Å². The molecule has 0 radical (unpaired) electrons. The number of hydrogen-bond acceptors (Lipinski definition) is 4. The first-order valence-electron chi connectivity index (χ1n) is 7.68. The van der Waals surface area contributed by atoms with E-state index in [1.807, 2.05) is 12.4 Å². The summed E-state index contributed by atoms with van der Waals surface area (Å²) in [4.78, 5) is 6.73. The van der Waals surface area contributed by atoms with Gasteiger partial charge in [-0.3, -0.25) is 4.98 Å². The summed E-state index contributed by atoms with van der Waals surface area (Å²) in [6.45, 7) is 7.09. The van der Waals surface area contributed by atoms with Crippen LogP contribution in [-0.2, 0) is 11.3 Å². The molecule has 0 spiro atoms. The summed E-state index contributed by atoms with van der Waals surface area (Å²) in [5, 5.41) is 3.58. The highest BCUT2D eigenvalue weighted by Crippen LogP contribution is 2.25. The van der Waals surface area contributed by atoms with Gasteiger partial charge in [-0.05, 0) is 32.3 Å². The molecule has 1 saturated carbocycles. The molecule has 0 aliphatic heterocycles. The number of methoxy groups -OCH3 is 1. The van der Waals surface area contributed by atoms with Crippen LogP contribution in [0.15, 0.2) is 18.5 Å². The molecule has 0 aromatic carbocycles. The largest absolute Gasteiger partial charge is 0.383 e. The highest BCUT2D eigenvalue weighted by atomic mass is 16.5. The molecule has 2 rings (SSSR count). The van der Waals surface area contributed by atoms with Crippen LogP contribution in [-0.4, -0.2) is 37.3 Å². The molecule has 1 aromatic rings. The van der Waals surface area contributed by atoms with E-state index in [2.05, 4.69) is 35.1 Å². The van der Waals surface area contributed by atoms with Crippen molar-refractivity contribution in [1.82, 2.24) is 10.3 Å². The zero-order valence-corrected chi connectivity index (χ0v) is 12.9. The second-order valence-corrected chi connectivity index (χ2v) is 5.60. The topological polar surface area (TPSA) is 37.4 Å². The summed E-state index contributed by atoms with van der Waals surface area (Å²) in [7, 11) is 1.76. The van der Waals surface area contributed by atoms with Crippen molar-refractivity contribution in [2.45, 2.75) is 51.7 Å². The molecule has 1 fully saturated rings. The molecule has 1 aliphatic carbocycles. The predicted molar refractivity (Wildman–Crippen MR) is 83.1 cm³/mol. The quantitative estimate of drug-likeness (QED) is 0.753. The van der Waals surface area contributed by atoms with Crippen LogP contribution in [0.3, 0.4) is 0 Å². The van der Waals surface area contributed by atoms with Gasteiger partial charge in [0.15, 0.2) is 0 Å². The number of hydrogen-bond donors (Lipinski definition) is 1. The molecule has 0 amide bonds. The molecule has 1 atom stereocenters. The van der Waals surface area contributed by atoms with Crippen molar-refractivity contribution >= 4 is 5.69 Å². The first kappa shape index (κ1) is 15.3. The predicted octanol–water partition coefficient (Wildman–Crippen LogP) is 2.58. The fourth-order valence-electron chi connectivity index (χ4n) is 2.37. The van der Waals surface area contributed by atoms with Gasteiger partial charge >= 0.3 is 0 Å². The van der Waals surface area contributed by atoms with Crippen LogP contribution in [0.2, 0.25) is 0 Å². The van der Waals surface area contributed by atoms with Crippen molar-refractivity contribution in [3.05, 3.63) is 24.0 Å². The molecule has 20 heavy (non-hydrogen) atoms. The van der Waals surface area contributed by atoms with Crippen LogP contribution in [0.4, 0.5) is 5.69 Å². The molecule has 0 saturated heterocycles. The van der Waals surface area contributed by atoms with E-state index in [4.69, 9.17) is 4.74 Å². The standard InChI is InChI=1S/C16H27N3O/c1-4-13(2)19(9-10-20-3)16-7-8-17-11-14(16)12-18-15-5-6-15/h7-8,11,13,15,18H,4-6,9-10,12H2,1-3H3. The number of nitrogens with zero attached hydrogens (tertiary/aromatic N) is 2. The molecule has 112 valence electrons. The van der Waals surface area contributed by atoms with E-state index in [1.54, 1.807) is 7.11 Å². The number of aromatic nitrogens is 1. The molecule has 0 bridgehead atoms. The smallest absolute Gasteiger partial charge is 0.0637 e. The maximum atomic E-state index is 5.26. The molecule has 1 aromatic heterocycles. The number of nitrogens with one attached hydrogen (secondary N) is 1. The van der Waals surface area contributed by atoms with Gasteiger partial charge in [-0.25, -0.2) is 0 Å². The van der Waals surface area contributed by atoms with Gasteiger partial charge in [0.1, 0.15) is 0 Å². The molecule has 4 nitrogen and oxygen atoms in total. The lowest BCUT2D eigenvalue weighted by Crippen LogP contribution is -2.36. The van der Waals surface area contributed by atoms with E-state index >= 15 is 0 Å². The van der Waals surface area contributed by atoms with Crippen LogP contribution in [0, 0.1) is 0 Å². The third-order valence-electron chi connectivity index (χ3n) is 4.01. The second kappa shape index (κ2) is 7.60. The number of rotatable bonds is 9. The van der Waals surface area contributed by atoms with E-state index < -0.39 is 0 Å². The number of anilines is 1. The Balaban J connectivity index is 2.12. The van der Waals surface area contributed by atoms with Crippen molar-refractivity contribution in [3.63, 3.8) is 0 Å². The number of pyridine rings is 1. The third-order valence-corrected chi connectivity index (χ3v) is 4.01. The van der Waals surface area contributed by atoms with Crippen LogP contribution >= 0.6 is 0 Å². The fourth-order valence-corrected chi connectivity index (χ4v) is 2.37. The fraction of sp³-hybridized carbons (Fsp3) is 0.688. The molecule has 1 aliphatic rings. The van der Waals surface area contributed by atoms with Crippen LogP contribution in [0.25, 0.3) is 0 Å². The van der Waals surface area contributed by atoms with Crippen molar-refractivity contribution in [3.8, 4) is 0 Å². The SMILES string of the molecule is CCC(C)N(CCOC)c1ccncc1CNC1CC1. The lowest BCUT2D eigenvalue weighted by Gasteiger charge is -2.32. The maximum absolute atomic E-state index is 5.26. The molecule has 1 N–H and O–H groups in total. The summed E-state index contributed by atoms with van der Waals surface area (Å²) in [5.74, 6) is 0. The highest BCUT2D eigenvalue weighted by Gasteiger charge is 2.22. The average Bonchev–Trinajstić information content (AvgIpc) is 3.30. The Hall–Kier alpha value is -1.13. The highest BCUT2D eigenvalue weighted by molar-refractivity contribution is 5.53. The van der Waals surface area contributed by atoms with E-state index in [9.17, 15) is 0 Å². The lowest BCUT2D eigenvalue weighted by molar-refractivity contribution is 0.203. The monoisotopic (exact) mass is 277 g/mol. The minimum atomic E-state index is 0.507. The minimum Gasteiger partial charge on any atom is -0.383 e. The van der Waals surface area contributed by atoms with Crippen molar-refractivity contribution in [2.24, 2.45) is 0 Å². The minimum absolute atomic E-state index is 0.507. The molecule has 4 heteroatoms. The van der Waals surface area contributed by atoms with Gasteiger partial charge in [0.25, 0.3) is 0 Å². The van der Waals surface area contributed by atoms with Gasteiger partial charge < -0.3 is 15.0 Å². The second-order valence-electron chi connectivity index (χ2n) is 5.60. The Bertz CT molecular complexity index is 406. The third kappa shape index (κ3) is 4.18. The Morgan fingerprint density at radius 1 is 1.50 bits per heavy atom. The Kier molecular flexibility index (Phi) is 5.80. The summed E-state index contributed by atoms with van der Waals surface area (Å²) in [5.41, 5.74) is 2.58. The summed E-state index contributed by atoms with van der Waals surface area (Å²) >= 11 is 0. The normalized spacial score (nSPS) is 16.1. The lowest BCUT2D eigenvalue weighted by atomic mass is 10.1. The Morgan fingerprint density at radius 2 is 2.30 bits per heavy atom. The van der Waals surface area contributed by atoms with E-state index in [0.717, 1.165) is 32.2 Å². The van der Waals surface area contributed by atoms with Gasteiger partial charge in [-0.2, -0.15) is 0 Å². The summed E-state index contributed by atoms with van der Waals surface area (Å²) in [6.07, 6.45) is 7.63. The van der Waals surface area contributed by atoms with Crippen molar-refractivity contribution in [2.75, 3.05) is 25.2 Å². The molecule has 1 unspecified atom stereocenters. The maximum Gasteiger partial charge on any atom is 0.0637 e. The van der Waals surface area contributed by atoms with Gasteiger partial charge in [-0.1, -0.05) is 6.92 Å². The van der Waals surface area contributed by atoms with Gasteiger partial charge in [0.2, 0.25) is 0 Å². The molecule has 1 heterocycles. The van der Waals surface area contributed by atoms with Crippen LogP contribution in [0.5, 0.6) is 0 Å². The molecular weight excluding hydrogens is 250 g/mol. The zero-order chi connectivity index (χ0) is 14.4. The van der Waals surface area contributed by atoms with E-state index in [1.165, 1.54) is 24.1 Å². The first-order chi connectivity index (χ1) is 9.76. The van der Waals surface area contributed by atoms with Gasteiger partial charge in [0.05, 0.1) is 6.61 Å². The zero-order valence-electron chi connectivity index (χ0n) is 12.9. The average molecular weight is 277 g/mol. The number of ether oxygens (including phenoxy) is 1. The first-order valence-corrected chi connectivity index (χ1v) is 7.68. The molecular formula is C16H27N3O. The Morgan fingerprint density at radius 3 is 2.95 bits per heavy atom.